The number of nitrogens with two attached hydrogens (primary N) is 1. The van der Waals surface area contributed by atoms with Crippen molar-refractivity contribution in [2.45, 2.75) is 19.1 Å². The van der Waals surface area contributed by atoms with Crippen molar-refractivity contribution in [1.29, 1.82) is 0 Å². The second-order valence-electron chi connectivity index (χ2n) is 7.49. The van der Waals surface area contributed by atoms with Crippen LogP contribution in [0.5, 0.6) is 11.5 Å². The summed E-state index contributed by atoms with van der Waals surface area (Å²) in [6.45, 7) is 3.45. The Morgan fingerprint density at radius 2 is 1.35 bits per heavy atom. The summed E-state index contributed by atoms with van der Waals surface area (Å²) in [5.74, 6) is 0.276. The number of carbonyl (C=O) groups is 1. The number of aliphatic carboxylic acids is 1. The molecule has 3 N–H and O–H groups in total. The van der Waals surface area contributed by atoms with Crippen LogP contribution in [0.3, 0.4) is 0 Å². The van der Waals surface area contributed by atoms with Crippen LogP contribution >= 0.6 is 0 Å². The van der Waals surface area contributed by atoms with Crippen LogP contribution in [-0.2, 0) is 36.8 Å². The number of hydrogen-bond acceptors (Lipinski definition) is 8. The lowest BCUT2D eigenvalue weighted by Gasteiger charge is -2.16. The number of rotatable bonds is 17. The van der Waals surface area contributed by atoms with Gasteiger partial charge in [0.1, 0.15) is 17.5 Å². The van der Waals surface area contributed by atoms with Crippen LogP contribution in [0.15, 0.2) is 36.4 Å². The second-order valence-corrected chi connectivity index (χ2v) is 7.49. The van der Waals surface area contributed by atoms with Gasteiger partial charge in [-0.15, -0.1) is 0 Å². The van der Waals surface area contributed by atoms with E-state index in [1.54, 1.807) is 21.3 Å². The number of carboxylic acids is 1. The molecule has 2 rings (SSSR count). The Bertz CT molecular complexity index is 847. The molecule has 1 atom stereocenters. The molecule has 2 aromatic rings. The van der Waals surface area contributed by atoms with Crippen molar-refractivity contribution in [1.82, 2.24) is 0 Å². The number of carboxylic acid groups (broad SMARTS) is 1. The standard InChI is InChI=1S/C25H35NO8/c1-29-8-9-32-10-11-33-12-13-34-17-19-15-22(30-2)24(23(16-19)31-3)20-6-4-18(5-7-20)14-21(26)25(27)28/h4-7,15-16,21H,8-14,17,26H2,1-3H3,(H,27,28)/t21-/m0/s1. The van der Waals surface area contributed by atoms with E-state index in [9.17, 15) is 4.79 Å². The molecule has 188 valence electrons. The highest BCUT2D eigenvalue weighted by atomic mass is 16.6. The zero-order chi connectivity index (χ0) is 24.8. The first kappa shape index (κ1) is 27.6. The van der Waals surface area contributed by atoms with Crippen LogP contribution in [0.25, 0.3) is 11.1 Å². The van der Waals surface area contributed by atoms with Gasteiger partial charge in [0.05, 0.1) is 66.0 Å². The quantitative estimate of drug-likeness (QED) is 0.331. The molecule has 0 unspecified atom stereocenters. The molecule has 0 heterocycles. The van der Waals surface area contributed by atoms with E-state index in [0.717, 1.165) is 22.3 Å². The predicted octanol–water partition coefficient (Wildman–Crippen LogP) is 2.52. The van der Waals surface area contributed by atoms with Crippen LogP contribution in [0, 0.1) is 0 Å². The van der Waals surface area contributed by atoms with Crippen LogP contribution in [0.2, 0.25) is 0 Å². The Balaban J connectivity index is 1.94. The molecule has 2 aromatic carbocycles. The average molecular weight is 478 g/mol. The summed E-state index contributed by atoms with van der Waals surface area (Å²) >= 11 is 0. The van der Waals surface area contributed by atoms with E-state index in [0.29, 0.717) is 57.7 Å². The van der Waals surface area contributed by atoms with Gasteiger partial charge in [-0.2, -0.15) is 0 Å². The summed E-state index contributed by atoms with van der Waals surface area (Å²) in [6, 6.07) is 10.4. The van der Waals surface area contributed by atoms with Gasteiger partial charge >= 0.3 is 5.97 Å². The molecule has 9 heteroatoms. The second kappa shape index (κ2) is 15.3. The lowest BCUT2D eigenvalue weighted by Crippen LogP contribution is -2.32. The summed E-state index contributed by atoms with van der Waals surface area (Å²) in [6.07, 6.45) is 0.255. The van der Waals surface area contributed by atoms with Gasteiger partial charge in [0.15, 0.2) is 0 Å². The topological polar surface area (TPSA) is 119 Å². The fourth-order valence-electron chi connectivity index (χ4n) is 3.25. The number of methoxy groups -OCH3 is 3. The number of ether oxygens (including phenoxy) is 6. The monoisotopic (exact) mass is 477 g/mol. The molecule has 0 saturated heterocycles. The van der Waals surface area contributed by atoms with E-state index >= 15 is 0 Å². The Morgan fingerprint density at radius 3 is 1.85 bits per heavy atom. The van der Waals surface area contributed by atoms with E-state index in [4.69, 9.17) is 39.3 Å². The van der Waals surface area contributed by atoms with Crippen LogP contribution in [0.1, 0.15) is 11.1 Å². The first-order chi connectivity index (χ1) is 16.5. The van der Waals surface area contributed by atoms with E-state index < -0.39 is 12.0 Å². The summed E-state index contributed by atoms with van der Waals surface area (Å²) in [4.78, 5) is 11.0. The molecule has 0 fully saturated rings. The van der Waals surface area contributed by atoms with E-state index in [2.05, 4.69) is 0 Å². The van der Waals surface area contributed by atoms with Crippen LogP contribution in [-0.4, -0.2) is 78.1 Å². The molecule has 0 bridgehead atoms. The van der Waals surface area contributed by atoms with Crippen molar-refractivity contribution < 1.29 is 38.3 Å². The predicted molar refractivity (Wildman–Crippen MR) is 127 cm³/mol. The summed E-state index contributed by atoms with van der Waals surface area (Å²) in [5, 5.41) is 9.01. The molecule has 9 nitrogen and oxygen atoms in total. The normalized spacial score (nSPS) is 11.9. The minimum atomic E-state index is -1.02. The summed E-state index contributed by atoms with van der Waals surface area (Å²) in [7, 11) is 4.84. The zero-order valence-electron chi connectivity index (χ0n) is 20.1. The van der Waals surface area contributed by atoms with E-state index in [1.807, 2.05) is 36.4 Å². The van der Waals surface area contributed by atoms with E-state index in [-0.39, 0.29) is 6.42 Å². The van der Waals surface area contributed by atoms with Crippen molar-refractivity contribution in [2.75, 3.05) is 61.0 Å². The van der Waals surface area contributed by atoms with Gasteiger partial charge < -0.3 is 39.3 Å². The third-order valence-electron chi connectivity index (χ3n) is 5.03. The minimum Gasteiger partial charge on any atom is -0.496 e. The first-order valence-corrected chi connectivity index (χ1v) is 11.0. The summed E-state index contributed by atoms with van der Waals surface area (Å²) < 4.78 is 32.7. The highest BCUT2D eigenvalue weighted by molar-refractivity contribution is 5.78. The van der Waals surface area contributed by atoms with Gasteiger partial charge in [-0.3, -0.25) is 4.79 Å². The maximum Gasteiger partial charge on any atom is 0.320 e. The maximum absolute atomic E-state index is 11.0. The third kappa shape index (κ3) is 8.92. The molecule has 0 aromatic heterocycles. The largest absolute Gasteiger partial charge is 0.496 e. The Kier molecular flexibility index (Phi) is 12.4. The molecule has 0 saturated carbocycles. The van der Waals surface area contributed by atoms with Crippen molar-refractivity contribution in [3.63, 3.8) is 0 Å². The molecule has 0 aliphatic carbocycles. The molecule has 0 aliphatic heterocycles. The van der Waals surface area contributed by atoms with Gasteiger partial charge in [0.25, 0.3) is 0 Å². The van der Waals surface area contributed by atoms with E-state index in [1.165, 1.54) is 0 Å². The Labute approximate surface area is 200 Å². The van der Waals surface area contributed by atoms with Gasteiger partial charge in [-0.1, -0.05) is 24.3 Å². The zero-order valence-corrected chi connectivity index (χ0v) is 20.1. The third-order valence-corrected chi connectivity index (χ3v) is 5.03. The number of hydrogen-bond donors (Lipinski definition) is 2. The highest BCUT2D eigenvalue weighted by Crippen LogP contribution is 2.39. The number of benzene rings is 2. The molecular weight excluding hydrogens is 442 g/mol. The van der Waals surface area contributed by atoms with Gasteiger partial charge in [0, 0.05) is 7.11 Å². The molecule has 34 heavy (non-hydrogen) atoms. The van der Waals surface area contributed by atoms with Gasteiger partial charge in [-0.25, -0.2) is 0 Å². The molecular formula is C25H35NO8. The van der Waals surface area contributed by atoms with Crippen molar-refractivity contribution in [3.05, 3.63) is 47.5 Å². The molecule has 0 spiro atoms. The fourth-order valence-corrected chi connectivity index (χ4v) is 3.25. The lowest BCUT2D eigenvalue weighted by atomic mass is 9.98. The highest BCUT2D eigenvalue weighted by Gasteiger charge is 2.16. The Hall–Kier alpha value is -2.69. The van der Waals surface area contributed by atoms with Crippen molar-refractivity contribution in [3.8, 4) is 22.6 Å². The van der Waals surface area contributed by atoms with Gasteiger partial charge in [-0.05, 0) is 35.2 Å². The van der Waals surface area contributed by atoms with Crippen LogP contribution in [0.4, 0.5) is 0 Å². The molecule has 0 amide bonds. The minimum absolute atomic E-state index is 0.255. The maximum atomic E-state index is 11.0. The first-order valence-electron chi connectivity index (χ1n) is 11.0. The fraction of sp³-hybridized carbons (Fsp3) is 0.480. The summed E-state index contributed by atoms with van der Waals surface area (Å²) in [5.41, 5.74) is 9.07. The molecule has 0 radical (unpaired) electrons. The van der Waals surface area contributed by atoms with Gasteiger partial charge in [0.2, 0.25) is 0 Å². The van der Waals surface area contributed by atoms with Crippen LogP contribution < -0.4 is 15.2 Å². The van der Waals surface area contributed by atoms with Crippen molar-refractivity contribution in [2.24, 2.45) is 5.73 Å². The van der Waals surface area contributed by atoms with Crippen molar-refractivity contribution >= 4 is 5.97 Å². The smallest absolute Gasteiger partial charge is 0.320 e. The molecule has 0 aliphatic rings. The SMILES string of the molecule is COCCOCCOCCOCc1cc(OC)c(-c2ccc(C[C@H](N)C(=O)O)cc2)c(OC)c1. The lowest BCUT2D eigenvalue weighted by molar-refractivity contribution is -0.138. The average Bonchev–Trinajstić information content (AvgIpc) is 2.85. The Morgan fingerprint density at radius 1 is 0.824 bits per heavy atom.